The number of hydrogen-bond acceptors (Lipinski definition) is 3. The fraction of sp³-hybridized carbons (Fsp3) is 1.00. The quantitative estimate of drug-likeness (QED) is 0.729. The summed E-state index contributed by atoms with van der Waals surface area (Å²) in [4.78, 5) is 0. The number of hydrogen-bond donors (Lipinski definition) is 0. The Kier molecular flexibility index (Phi) is 5.44. The van der Waals surface area contributed by atoms with Crippen molar-refractivity contribution < 1.29 is 12.7 Å². The van der Waals surface area contributed by atoms with E-state index in [1.54, 1.807) is 0 Å². The Morgan fingerprint density at radius 1 is 1.06 bits per heavy atom. The molecule has 0 spiro atoms. The SMILES string of the molecule is C[SiH](C)O[Si]1(O[SiH](C)C)OC(C)(C)C[Si](C)(C)[SiH2]1. The highest BCUT2D eigenvalue weighted by Gasteiger charge is 2.55. The summed E-state index contributed by atoms with van der Waals surface area (Å²) in [5.74, 6) is 0. The molecule has 1 aliphatic heterocycles. The summed E-state index contributed by atoms with van der Waals surface area (Å²) in [6.07, 6.45) is 0. The molecule has 1 heterocycles. The second-order valence-corrected chi connectivity index (χ2v) is 32.7. The molecule has 0 radical (unpaired) electrons. The van der Waals surface area contributed by atoms with E-state index >= 15 is 0 Å². The summed E-state index contributed by atoms with van der Waals surface area (Å²) >= 11 is 0. The molecule has 0 unspecified atom stereocenters. The van der Waals surface area contributed by atoms with Crippen LogP contribution in [0.2, 0.25) is 45.3 Å². The van der Waals surface area contributed by atoms with Gasteiger partial charge in [-0.3, -0.25) is 0 Å². The highest BCUT2D eigenvalue weighted by molar-refractivity contribution is 7.50. The van der Waals surface area contributed by atoms with Gasteiger partial charge in [0.1, 0.15) is 8.55 Å². The van der Waals surface area contributed by atoms with E-state index in [2.05, 4.69) is 53.1 Å². The molecule has 3 nitrogen and oxygen atoms in total. The first-order valence-corrected chi connectivity index (χ1v) is 22.2. The predicted molar refractivity (Wildman–Crippen MR) is 91.7 cm³/mol. The first-order valence-electron chi connectivity index (χ1n) is 7.01. The lowest BCUT2D eigenvalue weighted by molar-refractivity contribution is 0.0615. The van der Waals surface area contributed by atoms with Crippen molar-refractivity contribution in [1.82, 2.24) is 0 Å². The van der Waals surface area contributed by atoms with Crippen molar-refractivity contribution >= 4 is 42.5 Å². The summed E-state index contributed by atoms with van der Waals surface area (Å²) in [6, 6.07) is 1.27. The lowest BCUT2D eigenvalue weighted by atomic mass is 10.2. The van der Waals surface area contributed by atoms with E-state index < -0.39 is 34.0 Å². The molecule has 18 heavy (non-hydrogen) atoms. The smallest absolute Gasteiger partial charge is 0.423 e. The van der Waals surface area contributed by atoms with Gasteiger partial charge in [-0.2, -0.15) is 0 Å². The van der Waals surface area contributed by atoms with Gasteiger partial charge in [0, 0.05) is 7.59 Å². The molecule has 8 heteroatoms. The molecule has 0 atom stereocenters. The van der Waals surface area contributed by atoms with Crippen LogP contribution in [0, 0.1) is 0 Å². The van der Waals surface area contributed by atoms with Crippen LogP contribution in [0.5, 0.6) is 0 Å². The summed E-state index contributed by atoms with van der Waals surface area (Å²) in [6.45, 7) is 18.5. The van der Waals surface area contributed by atoms with Crippen LogP contribution in [0.3, 0.4) is 0 Å². The van der Waals surface area contributed by atoms with Gasteiger partial charge < -0.3 is 12.7 Å². The van der Waals surface area contributed by atoms with Crippen molar-refractivity contribution in [2.75, 3.05) is 0 Å². The van der Waals surface area contributed by atoms with E-state index in [9.17, 15) is 0 Å². The van der Waals surface area contributed by atoms with E-state index in [1.807, 2.05) is 0 Å². The Balaban J connectivity index is 3.00. The minimum absolute atomic E-state index is 0.0280. The molecule has 0 amide bonds. The predicted octanol–water partition coefficient (Wildman–Crippen LogP) is 1.60. The van der Waals surface area contributed by atoms with Gasteiger partial charge in [-0.1, -0.05) is 13.1 Å². The molecular formula is C10H30O3Si5. The van der Waals surface area contributed by atoms with Gasteiger partial charge in [-0.05, 0) is 46.1 Å². The van der Waals surface area contributed by atoms with Gasteiger partial charge in [0.2, 0.25) is 0 Å². The lowest BCUT2D eigenvalue weighted by Crippen LogP contribution is -2.70. The second kappa shape index (κ2) is 5.76. The Bertz CT molecular complexity index is 265. The molecular weight excluding hydrogens is 309 g/mol. The van der Waals surface area contributed by atoms with E-state index in [1.165, 1.54) is 6.04 Å². The van der Waals surface area contributed by atoms with Crippen LogP contribution in [0.1, 0.15) is 13.8 Å². The van der Waals surface area contributed by atoms with Crippen molar-refractivity contribution in [1.29, 1.82) is 0 Å². The van der Waals surface area contributed by atoms with E-state index in [-0.39, 0.29) is 14.2 Å². The molecule has 1 aliphatic rings. The zero-order chi connectivity index (χ0) is 14.2. The van der Waals surface area contributed by atoms with Gasteiger partial charge in [-0.25, -0.2) is 0 Å². The van der Waals surface area contributed by atoms with Crippen molar-refractivity contribution in [2.45, 2.75) is 64.8 Å². The normalized spacial score (nSPS) is 27.0. The third kappa shape index (κ3) is 5.15. The van der Waals surface area contributed by atoms with E-state index in [4.69, 9.17) is 12.7 Å². The molecule has 0 aliphatic carbocycles. The molecule has 0 saturated carbocycles. The lowest BCUT2D eigenvalue weighted by Gasteiger charge is -2.49. The van der Waals surface area contributed by atoms with Gasteiger partial charge in [0.15, 0.2) is 18.1 Å². The Morgan fingerprint density at radius 2 is 1.50 bits per heavy atom. The minimum atomic E-state index is -2.26. The molecule has 0 aromatic rings. The third-order valence-corrected chi connectivity index (χ3v) is 34.4. The second-order valence-electron chi connectivity index (χ2n) is 7.40. The minimum Gasteiger partial charge on any atom is -0.423 e. The molecule has 108 valence electrons. The van der Waals surface area contributed by atoms with Crippen LogP contribution in [-0.2, 0) is 12.7 Å². The largest absolute Gasteiger partial charge is 0.438 e. The van der Waals surface area contributed by atoms with Gasteiger partial charge in [0.25, 0.3) is 0 Å². The zero-order valence-corrected chi connectivity index (χ0v) is 19.0. The summed E-state index contributed by atoms with van der Waals surface area (Å²) in [5.41, 5.74) is -0.0280. The van der Waals surface area contributed by atoms with Crippen LogP contribution in [0.25, 0.3) is 0 Å². The van der Waals surface area contributed by atoms with E-state index in [0.29, 0.717) is 0 Å². The highest BCUT2D eigenvalue weighted by Crippen LogP contribution is 2.35. The molecule has 1 rings (SSSR count). The average Bonchev–Trinajstić information content (AvgIpc) is 1.90. The van der Waals surface area contributed by atoms with Crippen molar-refractivity contribution in [3.8, 4) is 0 Å². The molecule has 0 aromatic heterocycles. The van der Waals surface area contributed by atoms with Crippen molar-refractivity contribution in [3.05, 3.63) is 0 Å². The number of rotatable bonds is 4. The monoisotopic (exact) mass is 338 g/mol. The van der Waals surface area contributed by atoms with E-state index in [0.717, 1.165) is 0 Å². The molecule has 1 fully saturated rings. The van der Waals surface area contributed by atoms with Crippen LogP contribution in [0.4, 0.5) is 0 Å². The molecule has 0 bridgehead atoms. The van der Waals surface area contributed by atoms with Crippen LogP contribution in [-0.4, -0.2) is 48.1 Å². The average molecular weight is 339 g/mol. The van der Waals surface area contributed by atoms with Crippen molar-refractivity contribution in [3.63, 3.8) is 0 Å². The van der Waals surface area contributed by atoms with Gasteiger partial charge in [-0.15, -0.1) is 0 Å². The summed E-state index contributed by atoms with van der Waals surface area (Å²) < 4.78 is 19.3. The maximum absolute atomic E-state index is 6.48. The Hall–Kier alpha value is 0.964. The highest BCUT2D eigenvalue weighted by atomic mass is 29.6. The molecule has 0 aromatic carbocycles. The fourth-order valence-electron chi connectivity index (χ4n) is 3.17. The molecule has 1 saturated heterocycles. The van der Waals surface area contributed by atoms with Crippen LogP contribution < -0.4 is 0 Å². The fourth-order valence-corrected chi connectivity index (χ4v) is 46.9. The van der Waals surface area contributed by atoms with Crippen LogP contribution in [0.15, 0.2) is 0 Å². The molecule has 0 N–H and O–H groups in total. The van der Waals surface area contributed by atoms with Gasteiger partial charge >= 0.3 is 8.32 Å². The summed E-state index contributed by atoms with van der Waals surface area (Å²) in [7, 11) is -5.90. The topological polar surface area (TPSA) is 27.7 Å². The first kappa shape index (κ1) is 17.0. The maximum atomic E-state index is 6.48. The van der Waals surface area contributed by atoms with Crippen LogP contribution >= 0.6 is 0 Å². The zero-order valence-electron chi connectivity index (χ0n) is 13.3. The maximum Gasteiger partial charge on any atom is 0.438 e. The Morgan fingerprint density at radius 3 is 1.83 bits per heavy atom. The van der Waals surface area contributed by atoms with Crippen molar-refractivity contribution in [2.24, 2.45) is 0 Å². The summed E-state index contributed by atoms with van der Waals surface area (Å²) in [5, 5.41) is 0. The van der Waals surface area contributed by atoms with Gasteiger partial charge in [0.05, 0.1) is 5.60 Å². The standard InChI is InChI=1S/C10H30O3Si5/c1-10(2)9-17(7,8)14-18(11-10,12-15(3)4)13-16(5)6/h15-16H,9,14H2,1-8H3. The third-order valence-electron chi connectivity index (χ3n) is 2.86. The first-order chi connectivity index (χ1) is 7.95. The Labute approximate surface area is 120 Å².